The summed E-state index contributed by atoms with van der Waals surface area (Å²) in [6.07, 6.45) is -4.51. The molecule has 26 heavy (non-hydrogen) atoms. The molecule has 1 aromatic heterocycles. The first-order chi connectivity index (χ1) is 12.2. The van der Waals surface area contributed by atoms with Gasteiger partial charge in [0.25, 0.3) is 0 Å². The zero-order valence-corrected chi connectivity index (χ0v) is 14.8. The molecule has 1 N–H and O–H groups in total. The molecule has 0 saturated heterocycles. The van der Waals surface area contributed by atoms with Gasteiger partial charge in [0, 0.05) is 19.0 Å². The largest absolute Gasteiger partial charge is 0.573 e. The smallest absolute Gasteiger partial charge is 0.406 e. The Morgan fingerprint density at radius 2 is 1.88 bits per heavy atom. The molecule has 0 aliphatic rings. The average Bonchev–Trinajstić information content (AvgIpc) is 2.96. The van der Waals surface area contributed by atoms with Crippen LogP contribution in [0.5, 0.6) is 5.75 Å². The molecule has 0 saturated carbocycles. The van der Waals surface area contributed by atoms with Crippen LogP contribution in [-0.2, 0) is 16.4 Å². The zero-order chi connectivity index (χ0) is 18.8. The zero-order valence-electron chi connectivity index (χ0n) is 13.2. The number of nitrogens with zero attached hydrogens (tertiary/aromatic N) is 1. The van der Waals surface area contributed by atoms with E-state index in [-0.39, 0.29) is 11.4 Å². The number of ether oxygens (including phenoxy) is 1. The van der Waals surface area contributed by atoms with Crippen LogP contribution in [0.3, 0.4) is 0 Å². The number of aromatic nitrogens is 1. The summed E-state index contributed by atoms with van der Waals surface area (Å²) in [5.74, 6) is -0.591. The maximum absolute atomic E-state index is 12.3. The van der Waals surface area contributed by atoms with Gasteiger partial charge in [-0.1, -0.05) is 18.2 Å². The van der Waals surface area contributed by atoms with E-state index in [1.807, 2.05) is 24.3 Å². The maximum atomic E-state index is 12.3. The fourth-order valence-electron chi connectivity index (χ4n) is 2.24. The minimum Gasteiger partial charge on any atom is -0.406 e. The van der Waals surface area contributed by atoms with E-state index < -0.39 is 22.1 Å². The molecule has 0 unspecified atom stereocenters. The minimum absolute atomic E-state index is 0.0759. The highest BCUT2D eigenvalue weighted by molar-refractivity contribution is 7.89. The summed E-state index contributed by atoms with van der Waals surface area (Å²) in [6, 6.07) is 11.8. The summed E-state index contributed by atoms with van der Waals surface area (Å²) >= 11 is 1.46. The molecule has 1 heterocycles. The Morgan fingerprint density at radius 3 is 2.62 bits per heavy atom. The number of fused-ring (bicyclic) bond motifs is 1. The van der Waals surface area contributed by atoms with Gasteiger partial charge in [-0.3, -0.25) is 0 Å². The lowest BCUT2D eigenvalue weighted by Crippen LogP contribution is -2.26. The topological polar surface area (TPSA) is 68.3 Å². The minimum atomic E-state index is -4.89. The monoisotopic (exact) mass is 402 g/mol. The van der Waals surface area contributed by atoms with Crippen LogP contribution >= 0.6 is 11.3 Å². The van der Waals surface area contributed by atoms with Gasteiger partial charge in [-0.05, 0) is 24.3 Å². The van der Waals surface area contributed by atoms with Gasteiger partial charge < -0.3 is 4.74 Å². The number of para-hydroxylation sites is 1. The summed E-state index contributed by atoms with van der Waals surface area (Å²) < 4.78 is 68.4. The number of hydrogen-bond donors (Lipinski definition) is 1. The van der Waals surface area contributed by atoms with Gasteiger partial charge in [-0.2, -0.15) is 0 Å². The number of rotatable bonds is 6. The van der Waals surface area contributed by atoms with Crippen LogP contribution in [0.1, 0.15) is 5.01 Å². The highest BCUT2D eigenvalue weighted by atomic mass is 32.2. The molecule has 0 spiro atoms. The van der Waals surface area contributed by atoms with E-state index in [1.165, 1.54) is 23.5 Å². The van der Waals surface area contributed by atoms with Crippen molar-refractivity contribution in [2.24, 2.45) is 0 Å². The van der Waals surface area contributed by atoms with Crippen molar-refractivity contribution < 1.29 is 26.3 Å². The predicted molar refractivity (Wildman–Crippen MR) is 91.6 cm³/mol. The summed E-state index contributed by atoms with van der Waals surface area (Å²) in [7, 11) is -3.96. The summed E-state index contributed by atoms with van der Waals surface area (Å²) in [4.78, 5) is 4.10. The summed E-state index contributed by atoms with van der Waals surface area (Å²) in [6.45, 7) is 0.0759. The number of hydrogen-bond acceptors (Lipinski definition) is 5. The van der Waals surface area contributed by atoms with Crippen molar-refractivity contribution in [2.45, 2.75) is 17.7 Å². The van der Waals surface area contributed by atoms with Crippen molar-refractivity contribution in [2.75, 3.05) is 6.54 Å². The molecular formula is C16H13F3N2O3S2. The second-order valence-corrected chi connectivity index (χ2v) is 8.13. The van der Waals surface area contributed by atoms with Crippen molar-refractivity contribution in [3.8, 4) is 5.75 Å². The Hall–Kier alpha value is -2.17. The Kier molecular flexibility index (Phi) is 5.17. The van der Waals surface area contributed by atoms with Gasteiger partial charge in [-0.25, -0.2) is 18.1 Å². The highest BCUT2D eigenvalue weighted by Gasteiger charge is 2.31. The second-order valence-electron chi connectivity index (χ2n) is 5.25. The Balaban J connectivity index is 1.66. The van der Waals surface area contributed by atoms with Gasteiger partial charge >= 0.3 is 6.36 Å². The molecule has 10 heteroatoms. The van der Waals surface area contributed by atoms with Crippen molar-refractivity contribution in [3.05, 3.63) is 53.5 Å². The standard InChI is InChI=1S/C16H13F3N2O3S2/c17-16(18,19)24-11-4-3-5-12(10-11)26(22,23)20-9-8-15-21-13-6-1-2-7-14(13)25-15/h1-7,10,20H,8-9H2. The molecular weight excluding hydrogens is 389 g/mol. The fraction of sp³-hybridized carbons (Fsp3) is 0.188. The number of halogens is 3. The maximum Gasteiger partial charge on any atom is 0.573 e. The SMILES string of the molecule is O=S(=O)(NCCc1nc2ccccc2s1)c1cccc(OC(F)(F)F)c1. The molecule has 0 fully saturated rings. The molecule has 0 aliphatic heterocycles. The Bertz CT molecular complexity index is 984. The lowest BCUT2D eigenvalue weighted by atomic mass is 10.3. The molecule has 3 aromatic rings. The third kappa shape index (κ3) is 4.71. The molecule has 5 nitrogen and oxygen atoms in total. The van der Waals surface area contributed by atoms with E-state index in [1.54, 1.807) is 0 Å². The third-order valence-electron chi connectivity index (χ3n) is 3.32. The molecule has 138 valence electrons. The van der Waals surface area contributed by atoms with E-state index in [4.69, 9.17) is 0 Å². The predicted octanol–water partition coefficient (Wildman–Crippen LogP) is 3.72. The van der Waals surface area contributed by atoms with Crippen LogP contribution in [0.25, 0.3) is 10.2 Å². The third-order valence-corrected chi connectivity index (χ3v) is 5.87. The molecule has 0 aliphatic carbocycles. The van der Waals surface area contributed by atoms with Crippen LogP contribution < -0.4 is 9.46 Å². The molecule has 3 rings (SSSR count). The highest BCUT2D eigenvalue weighted by Crippen LogP contribution is 2.25. The first-order valence-electron chi connectivity index (χ1n) is 7.43. The molecule has 0 radical (unpaired) electrons. The Morgan fingerprint density at radius 1 is 1.12 bits per heavy atom. The first-order valence-corrected chi connectivity index (χ1v) is 9.73. The lowest BCUT2D eigenvalue weighted by molar-refractivity contribution is -0.274. The molecule has 0 amide bonds. The molecule has 2 aromatic carbocycles. The number of benzene rings is 2. The first kappa shape index (κ1) is 18.6. The molecule has 0 atom stereocenters. The van der Waals surface area contributed by atoms with Crippen LogP contribution in [0, 0.1) is 0 Å². The number of thiazole rings is 1. The number of alkyl halides is 3. The van der Waals surface area contributed by atoms with E-state index in [9.17, 15) is 21.6 Å². The van der Waals surface area contributed by atoms with Gasteiger partial charge in [-0.15, -0.1) is 24.5 Å². The lowest BCUT2D eigenvalue weighted by Gasteiger charge is -2.10. The van der Waals surface area contributed by atoms with Crippen LogP contribution in [0.2, 0.25) is 0 Å². The van der Waals surface area contributed by atoms with Crippen LogP contribution in [0.4, 0.5) is 13.2 Å². The van der Waals surface area contributed by atoms with E-state index in [0.717, 1.165) is 27.4 Å². The fourth-order valence-corrected chi connectivity index (χ4v) is 4.27. The van der Waals surface area contributed by atoms with Crippen molar-refractivity contribution in [1.82, 2.24) is 9.71 Å². The van der Waals surface area contributed by atoms with Gasteiger partial charge in [0.15, 0.2) is 0 Å². The van der Waals surface area contributed by atoms with E-state index in [2.05, 4.69) is 14.4 Å². The normalized spacial score (nSPS) is 12.4. The second kappa shape index (κ2) is 7.22. The van der Waals surface area contributed by atoms with Gasteiger partial charge in [0.05, 0.1) is 20.1 Å². The summed E-state index contributed by atoms with van der Waals surface area (Å²) in [5, 5.41) is 0.767. The quantitative estimate of drug-likeness (QED) is 0.683. The van der Waals surface area contributed by atoms with Crippen LogP contribution in [0.15, 0.2) is 53.4 Å². The van der Waals surface area contributed by atoms with Crippen molar-refractivity contribution in [3.63, 3.8) is 0 Å². The number of sulfonamides is 1. The van der Waals surface area contributed by atoms with Crippen molar-refractivity contribution in [1.29, 1.82) is 0 Å². The van der Waals surface area contributed by atoms with Crippen molar-refractivity contribution >= 4 is 31.6 Å². The van der Waals surface area contributed by atoms with E-state index >= 15 is 0 Å². The van der Waals surface area contributed by atoms with Gasteiger partial charge in [0.2, 0.25) is 10.0 Å². The van der Waals surface area contributed by atoms with E-state index in [0.29, 0.717) is 6.42 Å². The van der Waals surface area contributed by atoms with Crippen LogP contribution in [-0.4, -0.2) is 26.3 Å². The Labute approximate surface area is 151 Å². The van der Waals surface area contributed by atoms with Gasteiger partial charge in [0.1, 0.15) is 5.75 Å². The molecule has 0 bridgehead atoms. The number of nitrogens with one attached hydrogen (secondary N) is 1. The average molecular weight is 402 g/mol. The summed E-state index contributed by atoms with van der Waals surface area (Å²) in [5.41, 5.74) is 0.840.